The minimum Gasteiger partial charge on any atom is -0.461 e. The quantitative estimate of drug-likeness (QED) is 0.734. The van der Waals surface area contributed by atoms with Crippen molar-refractivity contribution in [2.75, 3.05) is 12.3 Å². The van der Waals surface area contributed by atoms with E-state index in [9.17, 15) is 4.79 Å². The SMILES string of the molecule is CCOC(=O)c1cccc(N)n1.Cl. The van der Waals surface area contributed by atoms with Gasteiger partial charge in [-0.15, -0.1) is 12.4 Å². The van der Waals surface area contributed by atoms with Crippen molar-refractivity contribution in [1.29, 1.82) is 0 Å². The Labute approximate surface area is 82.5 Å². The van der Waals surface area contributed by atoms with Gasteiger partial charge in [-0.25, -0.2) is 9.78 Å². The van der Waals surface area contributed by atoms with Gasteiger partial charge in [0.1, 0.15) is 5.82 Å². The first-order valence-electron chi connectivity index (χ1n) is 3.63. The predicted octanol–water partition coefficient (Wildman–Crippen LogP) is 1.26. The third kappa shape index (κ3) is 3.29. The molecule has 5 heteroatoms. The molecular formula is C8H11ClN2O2. The number of halogens is 1. The van der Waals surface area contributed by atoms with Gasteiger partial charge in [0.05, 0.1) is 6.61 Å². The normalized spacial score (nSPS) is 8.69. The molecule has 1 aromatic heterocycles. The number of esters is 1. The average Bonchev–Trinajstić information content (AvgIpc) is 2.05. The molecule has 0 saturated heterocycles. The number of hydrogen-bond acceptors (Lipinski definition) is 4. The third-order valence-corrected chi connectivity index (χ3v) is 1.26. The van der Waals surface area contributed by atoms with Crippen LogP contribution in [0, 0.1) is 0 Å². The van der Waals surface area contributed by atoms with E-state index in [2.05, 4.69) is 4.98 Å². The van der Waals surface area contributed by atoms with E-state index in [-0.39, 0.29) is 18.1 Å². The van der Waals surface area contributed by atoms with Gasteiger partial charge in [0.25, 0.3) is 0 Å². The largest absolute Gasteiger partial charge is 0.461 e. The van der Waals surface area contributed by atoms with Crippen LogP contribution in [0.4, 0.5) is 5.82 Å². The smallest absolute Gasteiger partial charge is 0.356 e. The van der Waals surface area contributed by atoms with Crippen LogP contribution in [0.15, 0.2) is 18.2 Å². The number of hydrogen-bond donors (Lipinski definition) is 1. The zero-order valence-electron chi connectivity index (χ0n) is 7.19. The molecule has 4 nitrogen and oxygen atoms in total. The van der Waals surface area contributed by atoms with Crippen molar-refractivity contribution in [3.8, 4) is 0 Å². The summed E-state index contributed by atoms with van der Waals surface area (Å²) in [6, 6.07) is 4.84. The van der Waals surface area contributed by atoms with E-state index in [4.69, 9.17) is 10.5 Å². The Morgan fingerprint density at radius 1 is 1.62 bits per heavy atom. The molecule has 0 aliphatic carbocycles. The summed E-state index contributed by atoms with van der Waals surface area (Å²) >= 11 is 0. The van der Waals surface area contributed by atoms with Gasteiger partial charge in [-0.1, -0.05) is 6.07 Å². The molecule has 0 aliphatic rings. The van der Waals surface area contributed by atoms with E-state index < -0.39 is 5.97 Å². The lowest BCUT2D eigenvalue weighted by Gasteiger charge is -2.00. The molecule has 0 unspecified atom stereocenters. The van der Waals surface area contributed by atoms with Gasteiger partial charge in [-0.05, 0) is 19.1 Å². The van der Waals surface area contributed by atoms with Crippen molar-refractivity contribution in [2.45, 2.75) is 6.92 Å². The van der Waals surface area contributed by atoms with Crippen molar-refractivity contribution in [3.63, 3.8) is 0 Å². The van der Waals surface area contributed by atoms with Crippen molar-refractivity contribution < 1.29 is 9.53 Å². The highest BCUT2D eigenvalue weighted by Crippen LogP contribution is 2.01. The van der Waals surface area contributed by atoms with Crippen LogP contribution in [0.1, 0.15) is 17.4 Å². The number of nitrogens with zero attached hydrogens (tertiary/aromatic N) is 1. The van der Waals surface area contributed by atoms with Gasteiger partial charge in [0.2, 0.25) is 0 Å². The summed E-state index contributed by atoms with van der Waals surface area (Å²) in [7, 11) is 0. The van der Waals surface area contributed by atoms with Gasteiger partial charge in [-0.3, -0.25) is 0 Å². The summed E-state index contributed by atoms with van der Waals surface area (Å²) in [5.41, 5.74) is 5.62. The second kappa shape index (κ2) is 5.37. The molecule has 0 radical (unpaired) electrons. The molecule has 0 atom stereocenters. The monoisotopic (exact) mass is 202 g/mol. The van der Waals surface area contributed by atoms with Crippen LogP contribution >= 0.6 is 12.4 Å². The van der Waals surface area contributed by atoms with E-state index >= 15 is 0 Å². The predicted molar refractivity (Wildman–Crippen MR) is 51.9 cm³/mol. The fourth-order valence-corrected chi connectivity index (χ4v) is 0.770. The van der Waals surface area contributed by atoms with E-state index in [1.807, 2.05) is 0 Å². The zero-order chi connectivity index (χ0) is 8.97. The molecule has 0 fully saturated rings. The Balaban J connectivity index is 0.00000144. The highest BCUT2D eigenvalue weighted by Gasteiger charge is 2.06. The van der Waals surface area contributed by atoms with E-state index in [0.29, 0.717) is 12.4 Å². The van der Waals surface area contributed by atoms with E-state index in [1.54, 1.807) is 25.1 Å². The second-order valence-corrected chi connectivity index (χ2v) is 2.17. The number of nitrogen functional groups attached to an aromatic ring is 1. The Morgan fingerprint density at radius 2 is 2.31 bits per heavy atom. The maximum Gasteiger partial charge on any atom is 0.356 e. The molecule has 0 aromatic carbocycles. The van der Waals surface area contributed by atoms with Crippen molar-refractivity contribution >= 4 is 24.2 Å². The standard InChI is InChI=1S/C8H10N2O2.ClH/c1-2-12-8(11)6-4-3-5-7(9)10-6;/h3-5H,2H2,1H3,(H2,9,10);1H. The Kier molecular flexibility index (Phi) is 4.84. The molecule has 0 bridgehead atoms. The molecule has 1 rings (SSSR count). The first kappa shape index (κ1) is 11.7. The molecule has 2 N–H and O–H groups in total. The number of nitrogens with two attached hydrogens (primary N) is 1. The lowest BCUT2D eigenvalue weighted by atomic mass is 10.3. The van der Waals surface area contributed by atoms with Gasteiger partial charge in [-0.2, -0.15) is 0 Å². The van der Waals surface area contributed by atoms with E-state index in [0.717, 1.165) is 0 Å². The summed E-state index contributed by atoms with van der Waals surface area (Å²) in [5, 5.41) is 0. The van der Waals surface area contributed by atoms with E-state index in [1.165, 1.54) is 0 Å². The van der Waals surface area contributed by atoms with Crippen LogP contribution < -0.4 is 5.73 Å². The fourth-order valence-electron chi connectivity index (χ4n) is 0.770. The third-order valence-electron chi connectivity index (χ3n) is 1.26. The van der Waals surface area contributed by atoms with Gasteiger partial charge in [0.15, 0.2) is 5.69 Å². The van der Waals surface area contributed by atoms with Gasteiger partial charge < -0.3 is 10.5 Å². The molecular weight excluding hydrogens is 192 g/mol. The molecule has 0 aliphatic heterocycles. The Bertz CT molecular complexity index is 291. The van der Waals surface area contributed by atoms with Crippen molar-refractivity contribution in [3.05, 3.63) is 23.9 Å². The zero-order valence-corrected chi connectivity index (χ0v) is 8.00. The van der Waals surface area contributed by atoms with Crippen molar-refractivity contribution in [1.82, 2.24) is 4.98 Å². The maximum absolute atomic E-state index is 11.1. The van der Waals surface area contributed by atoms with Crippen LogP contribution in [0.25, 0.3) is 0 Å². The van der Waals surface area contributed by atoms with Crippen LogP contribution in [0.3, 0.4) is 0 Å². The minimum absolute atomic E-state index is 0. The summed E-state index contributed by atoms with van der Waals surface area (Å²) < 4.78 is 4.73. The number of ether oxygens (including phenoxy) is 1. The molecule has 0 spiro atoms. The fraction of sp³-hybridized carbons (Fsp3) is 0.250. The minimum atomic E-state index is -0.440. The topological polar surface area (TPSA) is 65.2 Å². The summed E-state index contributed by atoms with van der Waals surface area (Å²) in [6.45, 7) is 2.08. The summed E-state index contributed by atoms with van der Waals surface area (Å²) in [6.07, 6.45) is 0. The highest BCUT2D eigenvalue weighted by molar-refractivity contribution is 5.87. The molecule has 13 heavy (non-hydrogen) atoms. The van der Waals surface area contributed by atoms with Gasteiger partial charge >= 0.3 is 5.97 Å². The van der Waals surface area contributed by atoms with Gasteiger partial charge in [0, 0.05) is 0 Å². The molecule has 0 saturated carbocycles. The molecule has 72 valence electrons. The number of carbonyl (C=O) groups excluding carboxylic acids is 1. The Hall–Kier alpha value is -1.29. The Morgan fingerprint density at radius 3 is 2.85 bits per heavy atom. The highest BCUT2D eigenvalue weighted by atomic mass is 35.5. The molecule has 1 heterocycles. The number of pyridine rings is 1. The first-order valence-corrected chi connectivity index (χ1v) is 3.63. The maximum atomic E-state index is 11.1. The summed E-state index contributed by atoms with van der Waals surface area (Å²) in [4.78, 5) is 14.9. The lowest BCUT2D eigenvalue weighted by Crippen LogP contribution is -2.07. The molecule has 0 amide bonds. The summed E-state index contributed by atoms with van der Waals surface area (Å²) in [5.74, 6) is -0.120. The average molecular weight is 203 g/mol. The number of anilines is 1. The van der Waals surface area contributed by atoms with Crippen LogP contribution in [0.5, 0.6) is 0 Å². The second-order valence-electron chi connectivity index (χ2n) is 2.17. The van der Waals surface area contributed by atoms with Crippen molar-refractivity contribution in [2.24, 2.45) is 0 Å². The number of aromatic nitrogens is 1. The molecule has 1 aromatic rings. The number of carbonyl (C=O) groups is 1. The number of rotatable bonds is 2. The van der Waals surface area contributed by atoms with Crippen LogP contribution in [0.2, 0.25) is 0 Å². The first-order chi connectivity index (χ1) is 5.74. The van der Waals surface area contributed by atoms with Crippen LogP contribution in [-0.4, -0.2) is 17.6 Å². The lowest BCUT2D eigenvalue weighted by molar-refractivity contribution is 0.0519. The van der Waals surface area contributed by atoms with Crippen LogP contribution in [-0.2, 0) is 4.74 Å².